The zero-order valence-corrected chi connectivity index (χ0v) is 58.5. The lowest BCUT2D eigenvalue weighted by Crippen LogP contribution is -2.65. The molecule has 0 saturated carbocycles. The molecule has 9 N–H and O–H groups in total. The minimum atomic E-state index is -1.80. The molecule has 1 amide bonds. The van der Waals surface area contributed by atoms with E-state index in [1.807, 2.05) is 6.08 Å². The van der Waals surface area contributed by atoms with E-state index in [1.54, 1.807) is 6.08 Å². The second-order valence-electron chi connectivity index (χ2n) is 26.8. The number of carbonyl (C=O) groups is 1. The highest BCUT2D eigenvalue weighted by atomic mass is 16.7. The Bertz CT molecular complexity index is 1820. The van der Waals surface area contributed by atoms with Gasteiger partial charge in [-0.1, -0.05) is 305 Å². The number of hydrogen-bond acceptors (Lipinski definition) is 13. The van der Waals surface area contributed by atoms with Gasteiger partial charge in [-0.2, -0.15) is 0 Å². The van der Waals surface area contributed by atoms with Crippen LogP contribution in [0.4, 0.5) is 0 Å². The Labute approximate surface area is 561 Å². The van der Waals surface area contributed by atoms with E-state index in [-0.39, 0.29) is 18.9 Å². The van der Waals surface area contributed by atoms with Gasteiger partial charge in [-0.05, 0) is 83.5 Å². The summed E-state index contributed by atoms with van der Waals surface area (Å²) in [6.45, 7) is 2.80. The summed E-state index contributed by atoms with van der Waals surface area (Å²) in [5, 5.41) is 87.5. The first-order valence-corrected chi connectivity index (χ1v) is 38.2. The van der Waals surface area contributed by atoms with E-state index < -0.39 is 86.8 Å². The van der Waals surface area contributed by atoms with Gasteiger partial charge >= 0.3 is 0 Å². The van der Waals surface area contributed by atoms with Crippen LogP contribution in [0.15, 0.2) is 72.9 Å². The molecule has 2 heterocycles. The van der Waals surface area contributed by atoms with E-state index in [2.05, 4.69) is 79.9 Å². The molecule has 2 aliphatic heterocycles. The number of rotatable bonds is 63. The molecule has 0 radical (unpaired) electrons. The lowest BCUT2D eigenvalue weighted by atomic mass is 9.97. The highest BCUT2D eigenvalue weighted by Gasteiger charge is 2.51. The van der Waals surface area contributed by atoms with Crippen LogP contribution in [-0.2, 0) is 23.7 Å². The van der Waals surface area contributed by atoms with Crippen molar-refractivity contribution in [3.63, 3.8) is 0 Å². The van der Waals surface area contributed by atoms with Gasteiger partial charge in [0.2, 0.25) is 5.91 Å². The fraction of sp³-hybridized carbons (Fsp3) is 0.833. The maximum Gasteiger partial charge on any atom is 0.220 e. The lowest BCUT2D eigenvalue weighted by Gasteiger charge is -2.46. The second kappa shape index (κ2) is 62.0. The molecule has 536 valence electrons. The number of aliphatic hydroxyl groups excluding tert-OH is 8. The normalized spacial score (nSPS) is 23.1. The summed E-state index contributed by atoms with van der Waals surface area (Å²) in [6, 6.07) is -0.943. The van der Waals surface area contributed by atoms with E-state index >= 15 is 0 Å². The maximum absolute atomic E-state index is 13.4. The summed E-state index contributed by atoms with van der Waals surface area (Å²) in [4.78, 5) is 13.4. The minimum Gasteiger partial charge on any atom is -0.394 e. The van der Waals surface area contributed by atoms with Gasteiger partial charge in [-0.15, -0.1) is 0 Å². The predicted molar refractivity (Wildman–Crippen MR) is 378 cm³/mol. The number of ether oxygens (including phenoxy) is 4. The van der Waals surface area contributed by atoms with Crippen LogP contribution < -0.4 is 5.32 Å². The summed E-state index contributed by atoms with van der Waals surface area (Å²) in [6.07, 6.45) is 68.3. The Morgan fingerprint density at radius 3 is 1.14 bits per heavy atom. The van der Waals surface area contributed by atoms with Crippen LogP contribution in [0.1, 0.15) is 322 Å². The summed E-state index contributed by atoms with van der Waals surface area (Å²) >= 11 is 0. The summed E-state index contributed by atoms with van der Waals surface area (Å²) < 4.78 is 22.9. The standard InChI is InChI=1S/C78H141NO13/c1-3-5-7-9-11-13-15-17-19-21-23-25-27-29-31-32-33-34-36-38-40-42-44-46-48-50-52-54-56-58-60-62-70(83)79-66(65-89-77-75(88)73(86)76(69(64-81)91-77)92-78-74(87)72(85)71(84)68(63-80)90-78)67(82)61-59-57-55-53-51-49-47-45-43-41-39-37-35-30-28-26-24-22-20-18-16-14-12-10-8-6-4-2/h15,17,21,23,27,29,43,45,51,53,59,61,66-69,71-78,80-82,84-88H,3-14,16,18-20,22,24-26,28,30-42,44,46-50,52,54-58,60,62-65H2,1-2H3,(H,79,83)/b17-15-,23-21-,29-27-,45-43+,53-51+,61-59+. The van der Waals surface area contributed by atoms with Gasteiger partial charge in [-0.3, -0.25) is 4.79 Å². The fourth-order valence-corrected chi connectivity index (χ4v) is 12.3. The van der Waals surface area contributed by atoms with Crippen LogP contribution in [0.3, 0.4) is 0 Å². The first-order chi connectivity index (χ1) is 45.1. The third-order valence-corrected chi connectivity index (χ3v) is 18.3. The van der Waals surface area contributed by atoms with Gasteiger partial charge in [-0.25, -0.2) is 0 Å². The molecule has 0 aliphatic carbocycles. The molecule has 2 aliphatic rings. The van der Waals surface area contributed by atoms with Crippen molar-refractivity contribution in [3.8, 4) is 0 Å². The number of amides is 1. The number of allylic oxidation sites excluding steroid dienone is 11. The monoisotopic (exact) mass is 1300 g/mol. The molecule has 0 bridgehead atoms. The summed E-state index contributed by atoms with van der Waals surface area (Å²) in [5.41, 5.74) is 0. The maximum atomic E-state index is 13.4. The highest BCUT2D eigenvalue weighted by molar-refractivity contribution is 5.76. The molecule has 2 rings (SSSR count). The van der Waals surface area contributed by atoms with E-state index in [4.69, 9.17) is 18.9 Å². The van der Waals surface area contributed by atoms with E-state index in [1.165, 1.54) is 231 Å². The van der Waals surface area contributed by atoms with Crippen LogP contribution in [0, 0.1) is 0 Å². The van der Waals surface area contributed by atoms with Gasteiger partial charge in [0, 0.05) is 6.42 Å². The molecule has 2 saturated heterocycles. The molecule has 92 heavy (non-hydrogen) atoms. The van der Waals surface area contributed by atoms with Gasteiger partial charge in [0.25, 0.3) is 0 Å². The first-order valence-electron chi connectivity index (χ1n) is 38.2. The molecule has 0 aromatic rings. The summed E-state index contributed by atoms with van der Waals surface area (Å²) in [5.74, 6) is -0.251. The number of hydrogen-bond donors (Lipinski definition) is 9. The SMILES string of the molecule is CCCCCCC/C=C\C/C=C\C/C=C\CCCCCCCCCCCCCCCCCCC(=O)NC(COC1OC(CO)C(OC2OC(CO)C(O)C(O)C2O)C(O)C1O)C(O)/C=C/CC/C=C/CC/C=C/CCCCCCCCCCCCCCCCCCC. The second-order valence-corrected chi connectivity index (χ2v) is 26.8. The Hall–Kier alpha value is -2.57. The molecule has 0 spiro atoms. The number of carbonyl (C=O) groups excluding carboxylic acids is 1. The average Bonchev–Trinajstić information content (AvgIpc) is 0.844. The average molecular weight is 1300 g/mol. The minimum absolute atomic E-state index is 0.251. The third kappa shape index (κ3) is 45.0. The quantitative estimate of drug-likeness (QED) is 0.0204. The van der Waals surface area contributed by atoms with E-state index in [0.717, 1.165) is 57.8 Å². The fourth-order valence-electron chi connectivity index (χ4n) is 12.3. The van der Waals surface area contributed by atoms with Crippen molar-refractivity contribution in [2.45, 2.75) is 396 Å². The van der Waals surface area contributed by atoms with Crippen molar-refractivity contribution in [1.29, 1.82) is 0 Å². The largest absolute Gasteiger partial charge is 0.394 e. The molecule has 14 heteroatoms. The van der Waals surface area contributed by atoms with E-state index in [0.29, 0.717) is 12.8 Å². The van der Waals surface area contributed by atoms with Crippen LogP contribution in [0.25, 0.3) is 0 Å². The molecule has 0 aromatic carbocycles. The van der Waals surface area contributed by atoms with Crippen molar-refractivity contribution in [1.82, 2.24) is 5.32 Å². The molecular weight excluding hydrogens is 1160 g/mol. The van der Waals surface area contributed by atoms with Gasteiger partial charge < -0.3 is 65.1 Å². The van der Waals surface area contributed by atoms with Crippen molar-refractivity contribution >= 4 is 5.91 Å². The number of unbranched alkanes of at least 4 members (excludes halogenated alkanes) is 40. The smallest absolute Gasteiger partial charge is 0.220 e. The van der Waals surface area contributed by atoms with Crippen LogP contribution in [-0.4, -0.2) is 140 Å². The van der Waals surface area contributed by atoms with Crippen LogP contribution in [0.5, 0.6) is 0 Å². The molecule has 2 fully saturated rings. The first kappa shape index (κ1) is 85.5. The molecule has 14 nitrogen and oxygen atoms in total. The van der Waals surface area contributed by atoms with Crippen LogP contribution >= 0.6 is 0 Å². The topological polar surface area (TPSA) is 228 Å². The van der Waals surface area contributed by atoms with Crippen molar-refractivity contribution in [2.24, 2.45) is 0 Å². The van der Waals surface area contributed by atoms with Crippen molar-refractivity contribution < 1.29 is 64.6 Å². The van der Waals surface area contributed by atoms with Crippen molar-refractivity contribution in [3.05, 3.63) is 72.9 Å². The zero-order valence-electron chi connectivity index (χ0n) is 58.5. The molecule has 0 aromatic heterocycles. The van der Waals surface area contributed by atoms with Crippen LogP contribution in [0.2, 0.25) is 0 Å². The number of nitrogens with one attached hydrogen (secondary N) is 1. The van der Waals surface area contributed by atoms with Gasteiger partial charge in [0.1, 0.15) is 48.8 Å². The lowest BCUT2D eigenvalue weighted by molar-refractivity contribution is -0.359. The van der Waals surface area contributed by atoms with Gasteiger partial charge in [0.15, 0.2) is 12.6 Å². The number of aliphatic hydroxyl groups is 8. The van der Waals surface area contributed by atoms with Crippen molar-refractivity contribution in [2.75, 3.05) is 19.8 Å². The third-order valence-electron chi connectivity index (χ3n) is 18.3. The Kier molecular flexibility index (Phi) is 57.6. The van der Waals surface area contributed by atoms with E-state index in [9.17, 15) is 45.6 Å². The Balaban J connectivity index is 1.67. The Morgan fingerprint density at radius 2 is 0.728 bits per heavy atom. The molecule has 12 atom stereocenters. The predicted octanol–water partition coefficient (Wildman–Crippen LogP) is 16.6. The molecule has 12 unspecified atom stereocenters. The Morgan fingerprint density at radius 1 is 0.391 bits per heavy atom. The highest BCUT2D eigenvalue weighted by Crippen LogP contribution is 2.30. The zero-order chi connectivity index (χ0) is 66.6. The van der Waals surface area contributed by atoms with Gasteiger partial charge in [0.05, 0.1) is 32.0 Å². The summed E-state index contributed by atoms with van der Waals surface area (Å²) in [7, 11) is 0. The molecular formula is C78H141NO13.